The van der Waals surface area contributed by atoms with Crippen molar-refractivity contribution in [2.75, 3.05) is 26.7 Å². The molecule has 1 atom stereocenters. The van der Waals surface area contributed by atoms with Crippen LogP contribution in [0.3, 0.4) is 0 Å². The van der Waals surface area contributed by atoms with E-state index in [1.807, 2.05) is 29.2 Å². The van der Waals surface area contributed by atoms with Gasteiger partial charge < -0.3 is 15.0 Å². The monoisotopic (exact) mass is 324 g/mol. The number of carbonyl (C=O) groups excluding carboxylic acids is 1. The van der Waals surface area contributed by atoms with Crippen molar-refractivity contribution >= 4 is 18.3 Å². The number of hydrogen-bond donors (Lipinski definition) is 1. The van der Waals surface area contributed by atoms with Gasteiger partial charge in [-0.15, -0.1) is 12.4 Å². The minimum Gasteiger partial charge on any atom is -0.497 e. The van der Waals surface area contributed by atoms with E-state index in [9.17, 15) is 4.79 Å². The fourth-order valence-corrected chi connectivity index (χ4v) is 3.62. The molecule has 22 heavy (non-hydrogen) atoms. The number of likely N-dealkylation sites (tertiary alicyclic amines) is 1. The van der Waals surface area contributed by atoms with Crippen molar-refractivity contribution in [3.8, 4) is 5.75 Å². The Labute approximate surface area is 138 Å². The lowest BCUT2D eigenvalue weighted by Crippen LogP contribution is -2.54. The number of methoxy groups -OCH3 is 1. The van der Waals surface area contributed by atoms with E-state index in [0.29, 0.717) is 12.5 Å². The van der Waals surface area contributed by atoms with Crippen LogP contribution in [0.5, 0.6) is 5.75 Å². The predicted molar refractivity (Wildman–Crippen MR) is 89.4 cm³/mol. The van der Waals surface area contributed by atoms with Crippen LogP contribution in [0.1, 0.15) is 31.2 Å². The maximum Gasteiger partial charge on any atom is 0.230 e. The second-order valence-electron chi connectivity index (χ2n) is 6.24. The SMILES string of the molecule is COc1ccc(CN2CCCC3(CCCNC3)C2=O)cc1.Cl. The van der Waals surface area contributed by atoms with Gasteiger partial charge in [0.05, 0.1) is 12.5 Å². The number of benzene rings is 1. The molecular formula is C17H25ClN2O2. The molecule has 2 aliphatic rings. The number of halogens is 1. The summed E-state index contributed by atoms with van der Waals surface area (Å²) in [6.07, 6.45) is 4.31. The average molecular weight is 325 g/mol. The van der Waals surface area contributed by atoms with Crippen molar-refractivity contribution in [2.24, 2.45) is 5.41 Å². The van der Waals surface area contributed by atoms with E-state index in [1.54, 1.807) is 7.11 Å². The third kappa shape index (κ3) is 3.39. The third-order valence-corrected chi connectivity index (χ3v) is 4.83. The first-order valence-electron chi connectivity index (χ1n) is 7.87. The zero-order valence-electron chi connectivity index (χ0n) is 13.1. The molecule has 1 unspecified atom stereocenters. The van der Waals surface area contributed by atoms with Gasteiger partial charge in [-0.25, -0.2) is 0 Å². The predicted octanol–water partition coefficient (Wildman–Crippen LogP) is 2.61. The number of piperidine rings is 2. The third-order valence-electron chi connectivity index (χ3n) is 4.83. The Morgan fingerprint density at radius 2 is 1.95 bits per heavy atom. The highest BCUT2D eigenvalue weighted by atomic mass is 35.5. The molecule has 0 bridgehead atoms. The van der Waals surface area contributed by atoms with Crippen LogP contribution in [0, 0.1) is 5.41 Å². The van der Waals surface area contributed by atoms with Gasteiger partial charge in [0, 0.05) is 19.6 Å². The summed E-state index contributed by atoms with van der Waals surface area (Å²) < 4.78 is 5.18. The van der Waals surface area contributed by atoms with Gasteiger partial charge in [-0.05, 0) is 49.9 Å². The summed E-state index contributed by atoms with van der Waals surface area (Å²) in [5.41, 5.74) is 1.04. The summed E-state index contributed by atoms with van der Waals surface area (Å²) in [5.74, 6) is 1.20. The smallest absolute Gasteiger partial charge is 0.230 e. The molecule has 1 aromatic carbocycles. The quantitative estimate of drug-likeness (QED) is 0.929. The maximum atomic E-state index is 12.9. The number of hydrogen-bond acceptors (Lipinski definition) is 3. The molecule has 1 aromatic rings. The summed E-state index contributed by atoms with van der Waals surface area (Å²) in [4.78, 5) is 14.9. The second kappa shape index (κ2) is 7.34. The highest BCUT2D eigenvalue weighted by Gasteiger charge is 2.44. The van der Waals surface area contributed by atoms with E-state index in [2.05, 4.69) is 5.32 Å². The Morgan fingerprint density at radius 1 is 1.23 bits per heavy atom. The number of rotatable bonds is 3. The highest BCUT2D eigenvalue weighted by molar-refractivity contribution is 5.85. The van der Waals surface area contributed by atoms with E-state index in [1.165, 1.54) is 5.56 Å². The van der Waals surface area contributed by atoms with Crippen molar-refractivity contribution in [3.05, 3.63) is 29.8 Å². The van der Waals surface area contributed by atoms with Gasteiger partial charge in [-0.2, -0.15) is 0 Å². The first-order valence-corrected chi connectivity index (χ1v) is 7.87. The summed E-state index contributed by atoms with van der Waals surface area (Å²) in [6, 6.07) is 8.02. The lowest BCUT2D eigenvalue weighted by Gasteiger charge is -2.44. The van der Waals surface area contributed by atoms with Gasteiger partial charge >= 0.3 is 0 Å². The van der Waals surface area contributed by atoms with Crippen molar-refractivity contribution in [1.82, 2.24) is 10.2 Å². The van der Waals surface area contributed by atoms with E-state index in [0.717, 1.165) is 51.1 Å². The molecule has 2 aliphatic heterocycles. The molecule has 4 nitrogen and oxygen atoms in total. The standard InChI is InChI=1S/C17H24N2O2.ClH/c1-21-15-6-4-14(5-7-15)12-19-11-3-9-17(16(19)20)8-2-10-18-13-17;/h4-7,18H,2-3,8-13H2,1H3;1H. The van der Waals surface area contributed by atoms with E-state index in [-0.39, 0.29) is 17.8 Å². The summed E-state index contributed by atoms with van der Waals surface area (Å²) in [5, 5.41) is 3.41. The van der Waals surface area contributed by atoms with Crippen LogP contribution in [0.4, 0.5) is 0 Å². The Hall–Kier alpha value is -1.26. The van der Waals surface area contributed by atoms with E-state index in [4.69, 9.17) is 4.74 Å². The van der Waals surface area contributed by atoms with Gasteiger partial charge in [0.25, 0.3) is 0 Å². The van der Waals surface area contributed by atoms with Gasteiger partial charge in [0.15, 0.2) is 0 Å². The van der Waals surface area contributed by atoms with Crippen LogP contribution in [-0.4, -0.2) is 37.6 Å². The average Bonchev–Trinajstić information content (AvgIpc) is 2.54. The topological polar surface area (TPSA) is 41.6 Å². The van der Waals surface area contributed by atoms with E-state index < -0.39 is 0 Å². The normalized spacial score (nSPS) is 25.0. The van der Waals surface area contributed by atoms with Gasteiger partial charge in [-0.1, -0.05) is 12.1 Å². The highest BCUT2D eigenvalue weighted by Crippen LogP contribution is 2.37. The van der Waals surface area contributed by atoms with Crippen molar-refractivity contribution in [1.29, 1.82) is 0 Å². The van der Waals surface area contributed by atoms with Crippen LogP contribution in [0.25, 0.3) is 0 Å². The molecule has 1 amide bonds. The fourth-order valence-electron chi connectivity index (χ4n) is 3.62. The van der Waals surface area contributed by atoms with Crippen LogP contribution in [-0.2, 0) is 11.3 Å². The number of ether oxygens (including phenoxy) is 1. The van der Waals surface area contributed by atoms with Crippen molar-refractivity contribution < 1.29 is 9.53 Å². The minimum absolute atomic E-state index is 0. The van der Waals surface area contributed by atoms with E-state index >= 15 is 0 Å². The van der Waals surface area contributed by atoms with Gasteiger partial charge in [-0.3, -0.25) is 4.79 Å². The molecule has 0 saturated carbocycles. The lowest BCUT2D eigenvalue weighted by molar-refractivity contribution is -0.148. The molecule has 2 saturated heterocycles. The first kappa shape index (κ1) is 17.1. The fraction of sp³-hybridized carbons (Fsp3) is 0.588. The van der Waals surface area contributed by atoms with Crippen molar-refractivity contribution in [2.45, 2.75) is 32.2 Å². The van der Waals surface area contributed by atoms with Crippen LogP contribution < -0.4 is 10.1 Å². The summed E-state index contributed by atoms with van der Waals surface area (Å²) in [7, 11) is 1.67. The molecule has 1 spiro atoms. The largest absolute Gasteiger partial charge is 0.497 e. The molecule has 0 radical (unpaired) electrons. The number of carbonyl (C=O) groups is 1. The maximum absolute atomic E-state index is 12.9. The van der Waals surface area contributed by atoms with Gasteiger partial charge in [0.2, 0.25) is 5.91 Å². The molecule has 122 valence electrons. The molecule has 2 heterocycles. The zero-order chi connectivity index (χ0) is 14.7. The Kier molecular flexibility index (Phi) is 5.70. The van der Waals surface area contributed by atoms with Crippen molar-refractivity contribution in [3.63, 3.8) is 0 Å². The first-order chi connectivity index (χ1) is 10.2. The second-order valence-corrected chi connectivity index (χ2v) is 6.24. The molecule has 2 fully saturated rings. The van der Waals surface area contributed by atoms with Crippen LogP contribution in [0.2, 0.25) is 0 Å². The lowest BCUT2D eigenvalue weighted by atomic mass is 9.73. The van der Waals surface area contributed by atoms with Crippen LogP contribution >= 0.6 is 12.4 Å². The molecule has 0 aromatic heterocycles. The Bertz CT molecular complexity index is 492. The Balaban J connectivity index is 0.00000176. The summed E-state index contributed by atoms with van der Waals surface area (Å²) in [6.45, 7) is 3.50. The molecular weight excluding hydrogens is 300 g/mol. The number of nitrogens with zero attached hydrogens (tertiary/aromatic N) is 1. The molecule has 1 N–H and O–H groups in total. The molecule has 5 heteroatoms. The number of nitrogens with one attached hydrogen (secondary N) is 1. The molecule has 0 aliphatic carbocycles. The molecule has 3 rings (SSSR count). The Morgan fingerprint density at radius 3 is 2.59 bits per heavy atom. The van der Waals surface area contributed by atoms with Gasteiger partial charge in [0.1, 0.15) is 5.75 Å². The van der Waals surface area contributed by atoms with Crippen LogP contribution in [0.15, 0.2) is 24.3 Å². The summed E-state index contributed by atoms with van der Waals surface area (Å²) >= 11 is 0. The number of amides is 1. The zero-order valence-corrected chi connectivity index (χ0v) is 14.0. The minimum atomic E-state index is -0.136.